The molecule has 0 rings (SSSR count). The molecule has 0 bridgehead atoms. The van der Waals surface area contributed by atoms with Gasteiger partial charge >= 0.3 is 0 Å². The normalized spacial score (nSPS) is 17.3. The zero-order valence-corrected chi connectivity index (χ0v) is 12.7. The first-order valence-electron chi connectivity index (χ1n) is 6.65. The Kier molecular flexibility index (Phi) is 7.39. The van der Waals surface area contributed by atoms with Crippen molar-refractivity contribution in [2.75, 3.05) is 0 Å². The van der Waals surface area contributed by atoms with Crippen LogP contribution in [0.1, 0.15) is 67.2 Å². The van der Waals surface area contributed by atoms with Gasteiger partial charge in [-0.25, -0.2) is 0 Å². The fourth-order valence-corrected chi connectivity index (χ4v) is 1.86. The molecular weight excluding hydrogens is 216 g/mol. The molecule has 0 aromatic heterocycles. The molecule has 2 atom stereocenters. The van der Waals surface area contributed by atoms with Gasteiger partial charge in [-0.05, 0) is 37.5 Å². The topological polar surface area (TPSA) is 0 Å². The lowest BCUT2D eigenvalue weighted by Crippen LogP contribution is -2.10. The van der Waals surface area contributed by atoms with Crippen molar-refractivity contribution in [2.24, 2.45) is 11.3 Å². The van der Waals surface area contributed by atoms with E-state index in [4.69, 9.17) is 11.6 Å². The van der Waals surface area contributed by atoms with Crippen LogP contribution in [0, 0.1) is 11.3 Å². The van der Waals surface area contributed by atoms with E-state index in [2.05, 4.69) is 47.6 Å². The largest absolute Gasteiger partial charge is 0.118 e. The molecule has 0 aliphatic heterocycles. The molecule has 0 nitrogen and oxygen atoms in total. The van der Waals surface area contributed by atoms with Crippen molar-refractivity contribution in [3.05, 3.63) is 11.6 Å². The van der Waals surface area contributed by atoms with Gasteiger partial charge in [0.2, 0.25) is 0 Å². The molecule has 0 aromatic carbocycles. The van der Waals surface area contributed by atoms with Crippen molar-refractivity contribution in [3.8, 4) is 0 Å². The highest BCUT2D eigenvalue weighted by molar-refractivity contribution is 6.22. The summed E-state index contributed by atoms with van der Waals surface area (Å²) in [7, 11) is 0. The van der Waals surface area contributed by atoms with Crippen LogP contribution in [0.25, 0.3) is 0 Å². The lowest BCUT2D eigenvalue weighted by atomic mass is 9.87. The minimum atomic E-state index is 0.222. The highest BCUT2D eigenvalue weighted by Crippen LogP contribution is 2.27. The molecular formula is C15H29Cl. The molecule has 0 N–H and O–H groups in total. The average molecular weight is 245 g/mol. The van der Waals surface area contributed by atoms with Gasteiger partial charge in [0.25, 0.3) is 0 Å². The lowest BCUT2D eigenvalue weighted by Gasteiger charge is -2.21. The third-order valence-electron chi connectivity index (χ3n) is 3.63. The SMILES string of the molecule is CC[C@H](C)CCC(Cl)/C(C)=C/C(C)(C)CC. The number of rotatable bonds is 7. The third kappa shape index (κ3) is 6.58. The highest BCUT2D eigenvalue weighted by atomic mass is 35.5. The molecule has 0 aliphatic rings. The Morgan fingerprint density at radius 3 is 2.25 bits per heavy atom. The number of halogens is 1. The van der Waals surface area contributed by atoms with Crippen LogP contribution in [0.2, 0.25) is 0 Å². The summed E-state index contributed by atoms with van der Waals surface area (Å²) in [5.74, 6) is 0.799. The van der Waals surface area contributed by atoms with Crippen LogP contribution in [-0.2, 0) is 0 Å². The van der Waals surface area contributed by atoms with Gasteiger partial charge in [-0.2, -0.15) is 0 Å². The lowest BCUT2D eigenvalue weighted by molar-refractivity contribution is 0.454. The second-order valence-electron chi connectivity index (χ2n) is 5.79. The second-order valence-corrected chi connectivity index (χ2v) is 6.32. The summed E-state index contributed by atoms with van der Waals surface area (Å²) in [6, 6.07) is 0. The van der Waals surface area contributed by atoms with Gasteiger partial charge in [0, 0.05) is 0 Å². The van der Waals surface area contributed by atoms with E-state index >= 15 is 0 Å². The maximum atomic E-state index is 6.43. The van der Waals surface area contributed by atoms with Crippen LogP contribution >= 0.6 is 11.6 Å². The molecule has 0 heterocycles. The van der Waals surface area contributed by atoms with Crippen LogP contribution in [0.3, 0.4) is 0 Å². The van der Waals surface area contributed by atoms with Crippen LogP contribution in [0.4, 0.5) is 0 Å². The summed E-state index contributed by atoms with van der Waals surface area (Å²) in [5.41, 5.74) is 1.63. The minimum Gasteiger partial charge on any atom is -0.118 e. The maximum absolute atomic E-state index is 6.43. The van der Waals surface area contributed by atoms with Crippen LogP contribution in [-0.4, -0.2) is 5.38 Å². The molecule has 1 unspecified atom stereocenters. The quantitative estimate of drug-likeness (QED) is 0.392. The van der Waals surface area contributed by atoms with Gasteiger partial charge in [0.05, 0.1) is 5.38 Å². The Bertz CT molecular complexity index is 215. The molecule has 0 saturated heterocycles. The van der Waals surface area contributed by atoms with Crippen LogP contribution in [0.5, 0.6) is 0 Å². The van der Waals surface area contributed by atoms with Crippen molar-refractivity contribution in [1.29, 1.82) is 0 Å². The summed E-state index contributed by atoms with van der Waals surface area (Å²) in [5, 5.41) is 0.222. The minimum absolute atomic E-state index is 0.222. The monoisotopic (exact) mass is 244 g/mol. The summed E-state index contributed by atoms with van der Waals surface area (Å²) in [4.78, 5) is 0. The number of allylic oxidation sites excluding steroid dienone is 2. The number of alkyl halides is 1. The van der Waals surface area contributed by atoms with E-state index in [0.29, 0.717) is 0 Å². The Balaban J connectivity index is 4.22. The molecule has 0 spiro atoms. The van der Waals surface area contributed by atoms with Crippen molar-refractivity contribution >= 4 is 11.6 Å². The van der Waals surface area contributed by atoms with Gasteiger partial charge in [-0.15, -0.1) is 11.6 Å². The smallest absolute Gasteiger partial charge is 0.0542 e. The second kappa shape index (κ2) is 7.37. The van der Waals surface area contributed by atoms with Gasteiger partial charge in [0.15, 0.2) is 0 Å². The first-order chi connectivity index (χ1) is 7.32. The number of hydrogen-bond acceptors (Lipinski definition) is 0. The molecule has 0 aromatic rings. The van der Waals surface area contributed by atoms with E-state index in [1.54, 1.807) is 0 Å². The fraction of sp³-hybridized carbons (Fsp3) is 0.867. The predicted octanol–water partition coefficient (Wildman–Crippen LogP) is 5.80. The molecule has 96 valence electrons. The van der Waals surface area contributed by atoms with Crippen molar-refractivity contribution in [2.45, 2.75) is 72.6 Å². The summed E-state index contributed by atoms with van der Waals surface area (Å²) >= 11 is 6.43. The van der Waals surface area contributed by atoms with Gasteiger partial charge in [0.1, 0.15) is 0 Å². The fourth-order valence-electron chi connectivity index (χ4n) is 1.67. The average Bonchev–Trinajstić information content (AvgIpc) is 2.24. The van der Waals surface area contributed by atoms with E-state index in [0.717, 1.165) is 12.3 Å². The highest BCUT2D eigenvalue weighted by Gasteiger charge is 2.15. The van der Waals surface area contributed by atoms with Crippen LogP contribution in [0.15, 0.2) is 11.6 Å². The molecule has 0 aliphatic carbocycles. The third-order valence-corrected chi connectivity index (χ3v) is 4.20. The molecule has 0 radical (unpaired) electrons. The zero-order chi connectivity index (χ0) is 12.8. The summed E-state index contributed by atoms with van der Waals surface area (Å²) in [6.07, 6.45) is 7.12. The van der Waals surface area contributed by atoms with E-state index in [1.165, 1.54) is 24.8 Å². The molecule has 1 heteroatoms. The van der Waals surface area contributed by atoms with Crippen molar-refractivity contribution < 1.29 is 0 Å². The standard InChI is InChI=1S/C15H29Cl/c1-7-12(3)9-10-14(16)13(4)11-15(5,6)8-2/h11-12,14H,7-10H2,1-6H3/b13-11+/t12-,14?/m0/s1. The van der Waals surface area contributed by atoms with Gasteiger partial charge < -0.3 is 0 Å². The maximum Gasteiger partial charge on any atom is 0.0542 e. The molecule has 0 saturated carbocycles. The van der Waals surface area contributed by atoms with E-state index in [1.807, 2.05) is 0 Å². The van der Waals surface area contributed by atoms with E-state index in [-0.39, 0.29) is 10.8 Å². The van der Waals surface area contributed by atoms with Crippen molar-refractivity contribution in [1.82, 2.24) is 0 Å². The van der Waals surface area contributed by atoms with Crippen LogP contribution < -0.4 is 0 Å². The zero-order valence-electron chi connectivity index (χ0n) is 11.9. The first-order valence-corrected chi connectivity index (χ1v) is 7.09. The number of hydrogen-bond donors (Lipinski definition) is 0. The first kappa shape index (κ1) is 16.0. The molecule has 16 heavy (non-hydrogen) atoms. The summed E-state index contributed by atoms with van der Waals surface area (Å²) in [6.45, 7) is 13.5. The Labute approximate surface area is 107 Å². The Morgan fingerprint density at radius 2 is 1.81 bits per heavy atom. The molecule has 0 fully saturated rings. The Morgan fingerprint density at radius 1 is 1.25 bits per heavy atom. The van der Waals surface area contributed by atoms with E-state index < -0.39 is 0 Å². The predicted molar refractivity (Wildman–Crippen MR) is 76.2 cm³/mol. The Hall–Kier alpha value is 0.0300. The molecule has 0 amide bonds. The van der Waals surface area contributed by atoms with E-state index in [9.17, 15) is 0 Å². The summed E-state index contributed by atoms with van der Waals surface area (Å²) < 4.78 is 0. The van der Waals surface area contributed by atoms with Gasteiger partial charge in [-0.1, -0.05) is 52.7 Å². The van der Waals surface area contributed by atoms with Gasteiger partial charge in [-0.3, -0.25) is 0 Å². The van der Waals surface area contributed by atoms with Crippen molar-refractivity contribution in [3.63, 3.8) is 0 Å².